The summed E-state index contributed by atoms with van der Waals surface area (Å²) in [4.78, 5) is 26.4. The molecule has 0 spiro atoms. The molecule has 0 saturated carbocycles. The van der Waals surface area contributed by atoms with Crippen LogP contribution in [-0.2, 0) is 9.84 Å². The van der Waals surface area contributed by atoms with E-state index in [9.17, 15) is 18.0 Å². The number of carbonyl (C=O) groups excluding carboxylic acids is 2. The zero-order valence-electron chi connectivity index (χ0n) is 13.7. The third-order valence-electron chi connectivity index (χ3n) is 5.48. The van der Waals surface area contributed by atoms with Gasteiger partial charge in [0, 0.05) is 34.1 Å². The predicted octanol–water partition coefficient (Wildman–Crippen LogP) is 3.37. The maximum absolute atomic E-state index is 13.0. The molecule has 0 fully saturated rings. The van der Waals surface area contributed by atoms with Crippen molar-refractivity contribution in [2.24, 2.45) is 11.8 Å². The molecule has 2 aromatic rings. The second kappa shape index (κ2) is 5.11. The van der Waals surface area contributed by atoms with Gasteiger partial charge in [-0.1, -0.05) is 48.5 Å². The molecule has 0 N–H and O–H groups in total. The van der Waals surface area contributed by atoms with E-state index in [1.807, 2.05) is 0 Å². The molecule has 0 amide bonds. The van der Waals surface area contributed by atoms with Gasteiger partial charge in [-0.05, 0) is 18.6 Å². The number of Topliss-reactive ketones (excluding diaryl/α,β-unsaturated/α-hetero) is 2. The zero-order valence-corrected chi connectivity index (χ0v) is 14.5. The Morgan fingerprint density at radius 1 is 0.769 bits per heavy atom. The first-order chi connectivity index (χ1) is 12.5. The highest BCUT2D eigenvalue weighted by Crippen LogP contribution is 2.53. The van der Waals surface area contributed by atoms with Crippen LogP contribution in [0, 0.1) is 11.8 Å². The second-order valence-electron chi connectivity index (χ2n) is 6.81. The van der Waals surface area contributed by atoms with E-state index < -0.39 is 15.8 Å². The molecular formula is C21H14O4S. The molecule has 0 unspecified atom stereocenters. The van der Waals surface area contributed by atoms with Crippen LogP contribution in [0.1, 0.15) is 27.1 Å². The van der Waals surface area contributed by atoms with Crippen molar-refractivity contribution >= 4 is 21.4 Å². The number of rotatable bonds is 2. The van der Waals surface area contributed by atoms with Gasteiger partial charge in [0.1, 0.15) is 0 Å². The van der Waals surface area contributed by atoms with E-state index in [0.29, 0.717) is 28.7 Å². The van der Waals surface area contributed by atoms with Crippen molar-refractivity contribution in [1.29, 1.82) is 0 Å². The smallest absolute Gasteiger partial charge is 0.203 e. The van der Waals surface area contributed by atoms with Crippen LogP contribution in [0.3, 0.4) is 0 Å². The summed E-state index contributed by atoms with van der Waals surface area (Å²) >= 11 is 0. The molecule has 0 radical (unpaired) electrons. The standard InChI is InChI=1S/C21H14O4S/c22-20-14-8-4-5-9-15(14)21(23)19-16-10-12(18(19)20)11-17(16)26(24,25)13-6-2-1-3-7-13/h1-9,11-12,16H,10H2/t12-,16+/m1/s1. The third kappa shape index (κ3) is 1.86. The maximum Gasteiger partial charge on any atom is 0.203 e. The van der Waals surface area contributed by atoms with Gasteiger partial charge in [0.15, 0.2) is 11.6 Å². The van der Waals surface area contributed by atoms with Crippen LogP contribution in [0.15, 0.2) is 81.6 Å². The number of benzene rings is 2. The molecule has 2 bridgehead atoms. The van der Waals surface area contributed by atoms with Crippen molar-refractivity contribution in [2.75, 3.05) is 0 Å². The molecule has 0 saturated heterocycles. The minimum absolute atomic E-state index is 0.143. The Hall–Kier alpha value is -2.79. The van der Waals surface area contributed by atoms with Crippen LogP contribution in [0.5, 0.6) is 0 Å². The van der Waals surface area contributed by atoms with Gasteiger partial charge < -0.3 is 0 Å². The number of carbonyl (C=O) groups is 2. The first-order valence-electron chi connectivity index (χ1n) is 8.44. The number of hydrogen-bond donors (Lipinski definition) is 0. The largest absolute Gasteiger partial charge is 0.289 e. The van der Waals surface area contributed by atoms with Gasteiger partial charge in [-0.2, -0.15) is 0 Å². The fourth-order valence-electron chi connectivity index (χ4n) is 4.35. The summed E-state index contributed by atoms with van der Waals surface area (Å²) in [6.07, 6.45) is 2.16. The van der Waals surface area contributed by atoms with Crippen molar-refractivity contribution in [3.05, 3.63) is 87.9 Å². The second-order valence-corrected chi connectivity index (χ2v) is 8.76. The Morgan fingerprint density at radius 3 is 2.00 bits per heavy atom. The van der Waals surface area contributed by atoms with E-state index in [1.165, 1.54) is 0 Å². The van der Waals surface area contributed by atoms with Crippen molar-refractivity contribution in [2.45, 2.75) is 11.3 Å². The normalized spacial score (nSPS) is 23.8. The maximum atomic E-state index is 13.0. The first kappa shape index (κ1) is 15.5. The molecule has 128 valence electrons. The number of fused-ring (bicyclic) bond motifs is 5. The molecule has 2 aromatic carbocycles. The molecule has 0 heterocycles. The zero-order chi connectivity index (χ0) is 18.1. The summed E-state index contributed by atoms with van der Waals surface area (Å²) in [5.74, 6) is -1.18. The molecule has 5 rings (SSSR count). The summed E-state index contributed by atoms with van der Waals surface area (Å²) < 4.78 is 26.1. The van der Waals surface area contributed by atoms with Gasteiger partial charge in [0.2, 0.25) is 9.84 Å². The topological polar surface area (TPSA) is 68.3 Å². The summed E-state index contributed by atoms with van der Waals surface area (Å²) in [6, 6.07) is 15.0. The van der Waals surface area contributed by atoms with Crippen molar-refractivity contribution in [3.8, 4) is 0 Å². The molecule has 0 aromatic heterocycles. The number of ketones is 2. The van der Waals surface area contributed by atoms with Gasteiger partial charge in [-0.15, -0.1) is 0 Å². The number of allylic oxidation sites excluding steroid dienone is 4. The van der Waals surface area contributed by atoms with E-state index in [4.69, 9.17) is 0 Å². The molecule has 2 atom stereocenters. The molecule has 4 nitrogen and oxygen atoms in total. The summed E-state index contributed by atoms with van der Waals surface area (Å²) in [5.41, 5.74) is 1.67. The molecule has 5 heteroatoms. The first-order valence-corrected chi connectivity index (χ1v) is 9.93. The van der Waals surface area contributed by atoms with Gasteiger partial charge in [0.05, 0.1) is 9.80 Å². The average molecular weight is 362 g/mol. The van der Waals surface area contributed by atoms with Gasteiger partial charge in [-0.3, -0.25) is 9.59 Å². The van der Waals surface area contributed by atoms with Gasteiger partial charge >= 0.3 is 0 Å². The number of sulfone groups is 1. The fourth-order valence-corrected chi connectivity index (χ4v) is 6.07. The number of hydrogen-bond acceptors (Lipinski definition) is 4. The van der Waals surface area contributed by atoms with Crippen LogP contribution in [0.25, 0.3) is 0 Å². The van der Waals surface area contributed by atoms with Crippen LogP contribution in [0.4, 0.5) is 0 Å². The molecule has 3 aliphatic rings. The van der Waals surface area contributed by atoms with E-state index >= 15 is 0 Å². The lowest BCUT2D eigenvalue weighted by atomic mass is 9.79. The fraction of sp³-hybridized carbons (Fsp3) is 0.143. The summed E-state index contributed by atoms with van der Waals surface area (Å²) in [6.45, 7) is 0. The summed E-state index contributed by atoms with van der Waals surface area (Å²) in [7, 11) is -3.67. The van der Waals surface area contributed by atoms with Crippen molar-refractivity contribution in [1.82, 2.24) is 0 Å². The van der Waals surface area contributed by atoms with Crippen molar-refractivity contribution < 1.29 is 18.0 Å². The Labute approximate surface area is 150 Å². The minimum Gasteiger partial charge on any atom is -0.289 e. The lowest BCUT2D eigenvalue weighted by molar-refractivity contribution is 0.0969. The lowest BCUT2D eigenvalue weighted by Crippen LogP contribution is -2.27. The molecule has 0 aliphatic heterocycles. The monoisotopic (exact) mass is 362 g/mol. The highest BCUT2D eigenvalue weighted by Gasteiger charge is 2.51. The van der Waals surface area contributed by atoms with Crippen LogP contribution in [0.2, 0.25) is 0 Å². The average Bonchev–Trinajstić information content (AvgIpc) is 3.26. The lowest BCUT2D eigenvalue weighted by Gasteiger charge is -2.24. The Balaban J connectivity index is 1.63. The quantitative estimate of drug-likeness (QED) is 0.821. The van der Waals surface area contributed by atoms with Gasteiger partial charge in [0.25, 0.3) is 0 Å². The Bertz CT molecular complexity index is 1150. The van der Waals surface area contributed by atoms with Gasteiger partial charge in [-0.25, -0.2) is 8.42 Å². The van der Waals surface area contributed by atoms with Crippen molar-refractivity contribution in [3.63, 3.8) is 0 Å². The molecule has 3 aliphatic carbocycles. The SMILES string of the molecule is O=C1C2=C(C(=O)c3ccccc31)[C@H]1C=C(S(=O)(=O)c3ccccc3)[C@@H]2C1. The molecular weight excluding hydrogens is 348 g/mol. The Kier molecular flexibility index (Phi) is 3.04. The molecule has 26 heavy (non-hydrogen) atoms. The van der Waals surface area contributed by atoms with Crippen LogP contribution >= 0.6 is 0 Å². The third-order valence-corrected chi connectivity index (χ3v) is 7.41. The summed E-state index contributed by atoms with van der Waals surface area (Å²) in [5, 5.41) is 0. The van der Waals surface area contributed by atoms with Crippen LogP contribution < -0.4 is 0 Å². The highest BCUT2D eigenvalue weighted by molar-refractivity contribution is 7.95. The van der Waals surface area contributed by atoms with E-state index in [1.54, 1.807) is 60.7 Å². The predicted molar refractivity (Wildman–Crippen MR) is 95.4 cm³/mol. The van der Waals surface area contributed by atoms with Crippen LogP contribution in [-0.4, -0.2) is 20.0 Å². The van der Waals surface area contributed by atoms with E-state index in [-0.39, 0.29) is 27.3 Å². The minimum atomic E-state index is -3.67. The Morgan fingerprint density at radius 2 is 1.35 bits per heavy atom. The van der Waals surface area contributed by atoms with E-state index in [0.717, 1.165) is 0 Å². The van der Waals surface area contributed by atoms with E-state index in [2.05, 4.69) is 0 Å². The highest BCUT2D eigenvalue weighted by atomic mass is 32.2.